The van der Waals surface area contributed by atoms with E-state index < -0.39 is 0 Å². The number of guanidine groups is 1. The van der Waals surface area contributed by atoms with Crippen molar-refractivity contribution in [1.29, 1.82) is 0 Å². The summed E-state index contributed by atoms with van der Waals surface area (Å²) >= 11 is 0. The summed E-state index contributed by atoms with van der Waals surface area (Å²) in [7, 11) is 1.84. The third kappa shape index (κ3) is 4.22. The molecule has 136 valence electrons. The molecule has 1 N–H and O–H groups in total. The van der Waals surface area contributed by atoms with Crippen LogP contribution in [-0.4, -0.2) is 61.4 Å². The van der Waals surface area contributed by atoms with Gasteiger partial charge in [0.1, 0.15) is 0 Å². The highest BCUT2D eigenvalue weighted by Crippen LogP contribution is 2.42. The van der Waals surface area contributed by atoms with Gasteiger partial charge in [0.15, 0.2) is 5.96 Å². The molecule has 0 aromatic carbocycles. The topological polar surface area (TPSA) is 47.9 Å². The molecule has 2 saturated heterocycles. The van der Waals surface area contributed by atoms with E-state index >= 15 is 0 Å². The van der Waals surface area contributed by atoms with E-state index in [0.717, 1.165) is 45.0 Å². The molecule has 0 radical (unpaired) electrons. The molecular weight excluding hydrogens is 300 g/mol. The van der Waals surface area contributed by atoms with Gasteiger partial charge in [-0.1, -0.05) is 25.7 Å². The lowest BCUT2D eigenvalue weighted by Gasteiger charge is -2.44. The molecule has 1 amide bonds. The SMILES string of the molecule is CN=C(NCC(=O)N1CCCC1)N1CCCC2(CCCCCC2)C1. The molecular formula is C19H34N4O. The first kappa shape index (κ1) is 17.6. The summed E-state index contributed by atoms with van der Waals surface area (Å²) in [5.41, 5.74) is 0.491. The van der Waals surface area contributed by atoms with Crippen molar-refractivity contribution in [1.82, 2.24) is 15.1 Å². The molecule has 0 bridgehead atoms. The van der Waals surface area contributed by atoms with Crippen LogP contribution in [0.4, 0.5) is 0 Å². The zero-order valence-corrected chi connectivity index (χ0v) is 15.4. The van der Waals surface area contributed by atoms with Gasteiger partial charge in [-0.3, -0.25) is 9.79 Å². The summed E-state index contributed by atoms with van der Waals surface area (Å²) in [5.74, 6) is 1.14. The number of likely N-dealkylation sites (tertiary alicyclic amines) is 2. The summed E-state index contributed by atoms with van der Waals surface area (Å²) < 4.78 is 0. The summed E-state index contributed by atoms with van der Waals surface area (Å²) in [6.07, 6.45) is 13.2. The number of nitrogens with zero attached hydrogens (tertiary/aromatic N) is 3. The second kappa shape index (κ2) is 8.21. The van der Waals surface area contributed by atoms with E-state index in [0.29, 0.717) is 12.0 Å². The van der Waals surface area contributed by atoms with Crippen LogP contribution >= 0.6 is 0 Å². The maximum Gasteiger partial charge on any atom is 0.241 e. The Kier molecular flexibility index (Phi) is 6.01. The van der Waals surface area contributed by atoms with Gasteiger partial charge < -0.3 is 15.1 Å². The van der Waals surface area contributed by atoms with Crippen LogP contribution in [0.5, 0.6) is 0 Å². The van der Waals surface area contributed by atoms with Crippen LogP contribution in [0.15, 0.2) is 4.99 Å². The fourth-order valence-corrected chi connectivity index (χ4v) is 4.84. The minimum atomic E-state index is 0.217. The zero-order valence-electron chi connectivity index (χ0n) is 15.4. The van der Waals surface area contributed by atoms with Crippen molar-refractivity contribution in [3.63, 3.8) is 0 Å². The first-order valence-electron chi connectivity index (χ1n) is 9.96. The third-order valence-electron chi connectivity index (χ3n) is 6.19. The molecule has 3 rings (SSSR count). The van der Waals surface area contributed by atoms with Crippen LogP contribution in [0.1, 0.15) is 64.2 Å². The highest BCUT2D eigenvalue weighted by molar-refractivity contribution is 5.86. The first-order chi connectivity index (χ1) is 11.7. The quantitative estimate of drug-likeness (QED) is 0.624. The summed E-state index contributed by atoms with van der Waals surface area (Å²) in [6.45, 7) is 4.41. The van der Waals surface area contributed by atoms with Crippen LogP contribution < -0.4 is 5.32 Å². The van der Waals surface area contributed by atoms with Crippen LogP contribution in [0, 0.1) is 5.41 Å². The number of piperidine rings is 1. The number of hydrogen-bond acceptors (Lipinski definition) is 2. The molecule has 1 spiro atoms. The van der Waals surface area contributed by atoms with Gasteiger partial charge in [-0.05, 0) is 43.9 Å². The molecule has 1 aliphatic carbocycles. The maximum atomic E-state index is 12.3. The van der Waals surface area contributed by atoms with Gasteiger partial charge in [0, 0.05) is 33.2 Å². The predicted molar refractivity (Wildman–Crippen MR) is 98.1 cm³/mol. The van der Waals surface area contributed by atoms with Gasteiger partial charge in [0.25, 0.3) is 0 Å². The largest absolute Gasteiger partial charge is 0.347 e. The molecule has 2 heterocycles. The number of hydrogen-bond donors (Lipinski definition) is 1. The number of rotatable bonds is 2. The second-order valence-corrected chi connectivity index (χ2v) is 7.93. The molecule has 5 nitrogen and oxygen atoms in total. The number of nitrogens with one attached hydrogen (secondary N) is 1. The second-order valence-electron chi connectivity index (χ2n) is 7.93. The Morgan fingerprint density at radius 3 is 2.21 bits per heavy atom. The van der Waals surface area contributed by atoms with Gasteiger partial charge in [0.05, 0.1) is 6.54 Å². The van der Waals surface area contributed by atoms with Crippen molar-refractivity contribution in [3.8, 4) is 0 Å². The molecule has 0 aromatic heterocycles. The molecule has 1 saturated carbocycles. The number of aliphatic imine (C=N–C) groups is 1. The van der Waals surface area contributed by atoms with E-state index in [1.165, 1.54) is 51.4 Å². The average molecular weight is 335 g/mol. The lowest BCUT2D eigenvalue weighted by Crippen LogP contribution is -2.52. The molecule has 5 heteroatoms. The van der Waals surface area contributed by atoms with Gasteiger partial charge in [0.2, 0.25) is 5.91 Å². The van der Waals surface area contributed by atoms with E-state index in [1.807, 2.05) is 11.9 Å². The van der Waals surface area contributed by atoms with Crippen LogP contribution in [0.25, 0.3) is 0 Å². The third-order valence-corrected chi connectivity index (χ3v) is 6.19. The Hall–Kier alpha value is -1.26. The number of amides is 1. The molecule has 2 aliphatic heterocycles. The van der Waals surface area contributed by atoms with Crippen LogP contribution in [0.3, 0.4) is 0 Å². The highest BCUT2D eigenvalue weighted by atomic mass is 16.2. The Morgan fingerprint density at radius 2 is 1.54 bits per heavy atom. The van der Waals surface area contributed by atoms with E-state index in [9.17, 15) is 4.79 Å². The monoisotopic (exact) mass is 334 g/mol. The molecule has 0 aromatic rings. The fourth-order valence-electron chi connectivity index (χ4n) is 4.84. The standard InChI is InChI=1S/C19H34N4O/c1-20-18(21-15-17(24)22-12-6-7-13-22)23-14-8-11-19(16-23)9-4-2-3-5-10-19/h2-16H2,1H3,(H,20,21). The van der Waals surface area contributed by atoms with Gasteiger partial charge in [-0.2, -0.15) is 0 Å². The smallest absolute Gasteiger partial charge is 0.241 e. The maximum absolute atomic E-state index is 12.3. The Labute approximate surface area is 146 Å². The van der Waals surface area contributed by atoms with E-state index in [-0.39, 0.29) is 5.91 Å². The molecule has 24 heavy (non-hydrogen) atoms. The van der Waals surface area contributed by atoms with Gasteiger partial charge in [-0.15, -0.1) is 0 Å². The van der Waals surface area contributed by atoms with Crippen molar-refractivity contribution in [2.75, 3.05) is 39.8 Å². The number of carbonyl (C=O) groups excluding carboxylic acids is 1. The molecule has 0 unspecified atom stereocenters. The normalized spacial score (nSPS) is 25.0. The van der Waals surface area contributed by atoms with E-state index in [1.54, 1.807) is 0 Å². The number of carbonyl (C=O) groups is 1. The lowest BCUT2D eigenvalue weighted by molar-refractivity contribution is -0.128. The molecule has 3 aliphatic rings. The van der Waals surface area contributed by atoms with E-state index in [2.05, 4.69) is 15.2 Å². The highest BCUT2D eigenvalue weighted by Gasteiger charge is 2.36. The average Bonchev–Trinajstić information content (AvgIpc) is 3.05. The van der Waals surface area contributed by atoms with Crippen molar-refractivity contribution < 1.29 is 4.79 Å². The zero-order chi connectivity index (χ0) is 16.8. The molecule has 0 atom stereocenters. The minimum absolute atomic E-state index is 0.217. The molecule has 3 fully saturated rings. The minimum Gasteiger partial charge on any atom is -0.347 e. The van der Waals surface area contributed by atoms with Gasteiger partial charge in [-0.25, -0.2) is 0 Å². The summed E-state index contributed by atoms with van der Waals surface area (Å²) in [5, 5.41) is 3.34. The van der Waals surface area contributed by atoms with Crippen molar-refractivity contribution >= 4 is 11.9 Å². The fraction of sp³-hybridized carbons (Fsp3) is 0.895. The summed E-state index contributed by atoms with van der Waals surface area (Å²) in [4.78, 5) is 21.1. The van der Waals surface area contributed by atoms with Crippen LogP contribution in [0.2, 0.25) is 0 Å². The Balaban J connectivity index is 1.55. The van der Waals surface area contributed by atoms with Crippen LogP contribution in [-0.2, 0) is 4.79 Å². The summed E-state index contributed by atoms with van der Waals surface area (Å²) in [6, 6.07) is 0. The van der Waals surface area contributed by atoms with Gasteiger partial charge >= 0.3 is 0 Å². The lowest BCUT2D eigenvalue weighted by atomic mass is 9.74. The first-order valence-corrected chi connectivity index (χ1v) is 9.96. The predicted octanol–water partition coefficient (Wildman–Crippen LogP) is 2.62. The van der Waals surface area contributed by atoms with Crippen molar-refractivity contribution in [3.05, 3.63) is 0 Å². The van der Waals surface area contributed by atoms with E-state index in [4.69, 9.17) is 0 Å². The van der Waals surface area contributed by atoms with Crippen molar-refractivity contribution in [2.45, 2.75) is 64.2 Å². The van der Waals surface area contributed by atoms with Crippen molar-refractivity contribution in [2.24, 2.45) is 10.4 Å². The Morgan fingerprint density at radius 1 is 0.917 bits per heavy atom. The Bertz CT molecular complexity index is 448.